The zero-order valence-electron chi connectivity index (χ0n) is 14.5. The lowest BCUT2D eigenvalue weighted by molar-refractivity contribution is 0.533. The fraction of sp³-hybridized carbons (Fsp3) is 0.316. The second-order valence-corrected chi connectivity index (χ2v) is 6.37. The van der Waals surface area contributed by atoms with E-state index >= 15 is 0 Å². The van der Waals surface area contributed by atoms with Crippen molar-refractivity contribution in [1.29, 1.82) is 5.41 Å². The van der Waals surface area contributed by atoms with E-state index in [9.17, 15) is 4.39 Å². The van der Waals surface area contributed by atoms with Gasteiger partial charge in [0.1, 0.15) is 11.7 Å². The van der Waals surface area contributed by atoms with Crippen LogP contribution in [-0.2, 0) is 6.54 Å². The minimum absolute atomic E-state index is 0.234. The molecular formula is C19H23ClFN3. The lowest BCUT2D eigenvalue weighted by Crippen LogP contribution is -2.27. The topological polar surface area (TPSA) is 30.3 Å². The molecule has 0 fully saturated rings. The smallest absolute Gasteiger partial charge is 0.129 e. The van der Waals surface area contributed by atoms with Gasteiger partial charge in [-0.3, -0.25) is 5.41 Å². The summed E-state index contributed by atoms with van der Waals surface area (Å²) < 4.78 is 13.3. The van der Waals surface area contributed by atoms with Gasteiger partial charge in [-0.25, -0.2) is 4.39 Å². The Morgan fingerprint density at radius 1 is 1.21 bits per heavy atom. The zero-order chi connectivity index (χ0) is 17.9. The Labute approximate surface area is 148 Å². The van der Waals surface area contributed by atoms with Gasteiger partial charge in [-0.2, -0.15) is 0 Å². The first-order chi connectivity index (χ1) is 11.3. The average Bonchev–Trinajstić information content (AvgIpc) is 2.55. The number of nitrogens with zero attached hydrogens (tertiary/aromatic N) is 2. The molecule has 3 nitrogen and oxygen atoms in total. The summed E-state index contributed by atoms with van der Waals surface area (Å²) in [5.74, 6) is 0.173. The minimum Gasteiger partial charge on any atom is -0.370 e. The molecule has 5 heteroatoms. The second kappa shape index (κ2) is 7.67. The molecule has 0 aromatic heterocycles. The van der Waals surface area contributed by atoms with Crippen LogP contribution in [-0.4, -0.2) is 31.4 Å². The summed E-state index contributed by atoms with van der Waals surface area (Å²) in [5, 5.41) is 8.79. The highest BCUT2D eigenvalue weighted by atomic mass is 35.5. The van der Waals surface area contributed by atoms with E-state index in [-0.39, 0.29) is 5.82 Å². The molecule has 0 aliphatic rings. The van der Waals surface area contributed by atoms with Crippen molar-refractivity contribution < 1.29 is 4.39 Å². The van der Waals surface area contributed by atoms with Crippen LogP contribution in [0.5, 0.6) is 0 Å². The van der Waals surface area contributed by atoms with E-state index < -0.39 is 0 Å². The first-order valence-corrected chi connectivity index (χ1v) is 8.27. The third-order valence-corrected chi connectivity index (χ3v) is 4.43. The Hall–Kier alpha value is -2.07. The fourth-order valence-corrected chi connectivity index (χ4v) is 2.87. The van der Waals surface area contributed by atoms with Crippen molar-refractivity contribution in [2.45, 2.75) is 20.4 Å². The second-order valence-electron chi connectivity index (χ2n) is 5.97. The Morgan fingerprint density at radius 2 is 1.92 bits per heavy atom. The number of aryl methyl sites for hydroxylation is 1. The van der Waals surface area contributed by atoms with Crippen molar-refractivity contribution in [3.8, 4) is 0 Å². The van der Waals surface area contributed by atoms with Gasteiger partial charge in [0.15, 0.2) is 0 Å². The predicted octanol–water partition coefficient (Wildman–Crippen LogP) is 4.70. The lowest BCUT2D eigenvalue weighted by Gasteiger charge is -2.24. The Kier molecular flexibility index (Phi) is 5.84. The maximum Gasteiger partial charge on any atom is 0.129 e. The molecule has 0 atom stereocenters. The molecule has 0 amide bonds. The summed E-state index contributed by atoms with van der Waals surface area (Å²) in [6, 6.07) is 10.4. The van der Waals surface area contributed by atoms with Gasteiger partial charge in [0, 0.05) is 38.4 Å². The molecule has 0 aliphatic heterocycles. The van der Waals surface area contributed by atoms with Crippen molar-refractivity contribution in [1.82, 2.24) is 4.90 Å². The maximum absolute atomic E-state index is 13.3. The van der Waals surface area contributed by atoms with Crippen LogP contribution in [0, 0.1) is 18.2 Å². The van der Waals surface area contributed by atoms with Gasteiger partial charge in [-0.05, 0) is 49.2 Å². The molecule has 1 N–H and O–H groups in total. The normalized spacial score (nSPS) is 10.6. The standard InChI is InChI=1S/C19H23ClFN3/c1-5-23(3)19(22)16-9-13(2)18(11-17(16)20)24(4)12-14-7-6-8-15(21)10-14/h6-11,22H,5,12H2,1-4H3. The van der Waals surface area contributed by atoms with Gasteiger partial charge in [0.2, 0.25) is 0 Å². The van der Waals surface area contributed by atoms with E-state index in [4.69, 9.17) is 17.0 Å². The van der Waals surface area contributed by atoms with E-state index in [1.54, 1.807) is 6.07 Å². The summed E-state index contributed by atoms with van der Waals surface area (Å²) in [6.07, 6.45) is 0. The maximum atomic E-state index is 13.3. The quantitative estimate of drug-likeness (QED) is 0.627. The van der Waals surface area contributed by atoms with E-state index in [1.165, 1.54) is 12.1 Å². The number of benzene rings is 2. The summed E-state index contributed by atoms with van der Waals surface area (Å²) in [4.78, 5) is 3.88. The van der Waals surface area contributed by atoms with Crippen molar-refractivity contribution >= 4 is 23.1 Å². The first-order valence-electron chi connectivity index (χ1n) is 7.89. The summed E-state index contributed by atoms with van der Waals surface area (Å²) in [7, 11) is 3.82. The van der Waals surface area contributed by atoms with E-state index in [0.717, 1.165) is 28.9 Å². The number of hydrogen-bond donors (Lipinski definition) is 1. The first kappa shape index (κ1) is 18.3. The largest absolute Gasteiger partial charge is 0.370 e. The summed E-state index contributed by atoms with van der Waals surface area (Å²) in [6.45, 7) is 5.32. The molecule has 0 heterocycles. The molecule has 24 heavy (non-hydrogen) atoms. The van der Waals surface area contributed by atoms with Crippen LogP contribution in [0.2, 0.25) is 5.02 Å². The molecule has 0 saturated carbocycles. The molecule has 2 rings (SSSR count). The fourth-order valence-electron chi connectivity index (χ4n) is 2.62. The van der Waals surface area contributed by atoms with Crippen LogP contribution >= 0.6 is 11.6 Å². The third-order valence-electron chi connectivity index (χ3n) is 4.12. The molecule has 0 unspecified atom stereocenters. The van der Waals surface area contributed by atoms with E-state index in [1.807, 2.05) is 55.9 Å². The van der Waals surface area contributed by atoms with Crippen molar-refractivity contribution in [3.05, 3.63) is 63.9 Å². The van der Waals surface area contributed by atoms with E-state index in [2.05, 4.69) is 0 Å². The molecular weight excluding hydrogens is 325 g/mol. The van der Waals surface area contributed by atoms with Gasteiger partial charge < -0.3 is 9.80 Å². The Balaban J connectivity index is 2.28. The number of hydrogen-bond acceptors (Lipinski definition) is 2. The number of nitrogens with one attached hydrogen (secondary N) is 1. The van der Waals surface area contributed by atoms with Gasteiger partial charge >= 0.3 is 0 Å². The molecule has 0 spiro atoms. The SMILES string of the molecule is CCN(C)C(=N)c1cc(C)c(N(C)Cc2cccc(F)c2)cc1Cl. The molecule has 128 valence electrons. The molecule has 0 saturated heterocycles. The molecule has 2 aromatic rings. The van der Waals surface area contributed by atoms with Crippen LogP contribution in [0.25, 0.3) is 0 Å². The van der Waals surface area contributed by atoms with Gasteiger partial charge in [-0.1, -0.05) is 23.7 Å². The Morgan fingerprint density at radius 3 is 2.54 bits per heavy atom. The van der Waals surface area contributed by atoms with Crippen molar-refractivity contribution in [2.75, 3.05) is 25.5 Å². The number of rotatable bonds is 5. The summed E-state index contributed by atoms with van der Waals surface area (Å²) in [5.41, 5.74) is 3.62. The zero-order valence-corrected chi connectivity index (χ0v) is 15.3. The van der Waals surface area contributed by atoms with Crippen molar-refractivity contribution in [2.24, 2.45) is 0 Å². The van der Waals surface area contributed by atoms with E-state index in [0.29, 0.717) is 17.4 Å². The van der Waals surface area contributed by atoms with Crippen LogP contribution in [0.4, 0.5) is 10.1 Å². The number of anilines is 1. The number of amidine groups is 1. The highest BCUT2D eigenvalue weighted by molar-refractivity contribution is 6.34. The van der Waals surface area contributed by atoms with Crippen LogP contribution in [0.3, 0.4) is 0 Å². The lowest BCUT2D eigenvalue weighted by atomic mass is 10.1. The van der Waals surface area contributed by atoms with Gasteiger partial charge in [0.05, 0.1) is 5.02 Å². The Bertz CT molecular complexity index is 745. The van der Waals surface area contributed by atoms with Gasteiger partial charge in [-0.15, -0.1) is 0 Å². The van der Waals surface area contributed by atoms with Crippen LogP contribution in [0.1, 0.15) is 23.6 Å². The highest BCUT2D eigenvalue weighted by Gasteiger charge is 2.15. The number of halogens is 2. The highest BCUT2D eigenvalue weighted by Crippen LogP contribution is 2.29. The average molecular weight is 348 g/mol. The molecule has 2 aromatic carbocycles. The molecule has 0 radical (unpaired) electrons. The predicted molar refractivity (Wildman–Crippen MR) is 99.8 cm³/mol. The van der Waals surface area contributed by atoms with Crippen LogP contribution < -0.4 is 4.90 Å². The minimum atomic E-state index is -0.234. The summed E-state index contributed by atoms with van der Waals surface area (Å²) >= 11 is 6.42. The van der Waals surface area contributed by atoms with Crippen LogP contribution in [0.15, 0.2) is 36.4 Å². The third kappa shape index (κ3) is 4.06. The monoisotopic (exact) mass is 347 g/mol. The molecule has 0 bridgehead atoms. The molecule has 0 aliphatic carbocycles. The van der Waals surface area contributed by atoms with Crippen molar-refractivity contribution in [3.63, 3.8) is 0 Å². The van der Waals surface area contributed by atoms with Gasteiger partial charge in [0.25, 0.3) is 0 Å².